The maximum atomic E-state index is 12.9. The zero-order chi connectivity index (χ0) is 13.8. The highest BCUT2D eigenvalue weighted by Crippen LogP contribution is 2.28. The summed E-state index contributed by atoms with van der Waals surface area (Å²) in [5, 5.41) is 0. The highest BCUT2D eigenvalue weighted by atomic mass is 19.1. The molecule has 1 aromatic rings. The fourth-order valence-electron chi connectivity index (χ4n) is 2.05. The van der Waals surface area contributed by atoms with Gasteiger partial charge in [-0.3, -0.25) is 4.39 Å². The molecule has 1 rings (SSSR count). The Bertz CT molecular complexity index is 374. The van der Waals surface area contributed by atoms with Gasteiger partial charge in [0.25, 0.3) is 0 Å². The molecule has 0 amide bonds. The molecule has 0 N–H and O–H groups in total. The summed E-state index contributed by atoms with van der Waals surface area (Å²) >= 11 is 0. The third-order valence-corrected chi connectivity index (χ3v) is 3.50. The molecular weight excluding hydrogens is 223 g/mol. The van der Waals surface area contributed by atoms with Gasteiger partial charge in [-0.05, 0) is 34.9 Å². The Kier molecular flexibility index (Phi) is 5.37. The summed E-state index contributed by atoms with van der Waals surface area (Å²) in [5.74, 6) is 0.00711. The molecule has 1 unspecified atom stereocenters. The minimum Gasteiger partial charge on any atom is -0.250 e. The second kappa shape index (κ2) is 6.36. The Morgan fingerprint density at radius 1 is 1.17 bits per heavy atom. The van der Waals surface area contributed by atoms with Gasteiger partial charge in [-0.2, -0.15) is 0 Å². The Balaban J connectivity index is 3.12. The second-order valence-corrected chi connectivity index (χ2v) is 6.37. The monoisotopic (exact) mass is 250 g/mol. The minimum atomic E-state index is -0.277. The summed E-state index contributed by atoms with van der Waals surface area (Å²) in [5.41, 5.74) is 3.97. The Labute approximate surface area is 112 Å². The van der Waals surface area contributed by atoms with Crippen LogP contribution < -0.4 is 0 Å². The molecule has 1 aromatic carbocycles. The predicted molar refractivity (Wildman–Crippen MR) is 78.1 cm³/mol. The molecule has 0 spiro atoms. The molecule has 0 aliphatic heterocycles. The van der Waals surface area contributed by atoms with Gasteiger partial charge in [-0.1, -0.05) is 59.2 Å². The molecule has 1 heteroatoms. The molecule has 0 fully saturated rings. The van der Waals surface area contributed by atoms with E-state index in [1.165, 1.54) is 24.0 Å². The van der Waals surface area contributed by atoms with Crippen molar-refractivity contribution in [2.24, 2.45) is 0 Å². The number of rotatable bonds is 5. The van der Waals surface area contributed by atoms with Crippen molar-refractivity contribution in [3.05, 3.63) is 34.9 Å². The third kappa shape index (κ3) is 4.12. The highest BCUT2D eigenvalue weighted by Gasteiger charge is 2.17. The lowest BCUT2D eigenvalue weighted by Crippen LogP contribution is -2.13. The Morgan fingerprint density at radius 2 is 1.83 bits per heavy atom. The molecular formula is C17H27F. The smallest absolute Gasteiger partial charge is 0.0960 e. The molecule has 0 aromatic heterocycles. The van der Waals surface area contributed by atoms with E-state index >= 15 is 0 Å². The zero-order valence-corrected chi connectivity index (χ0v) is 12.5. The summed E-state index contributed by atoms with van der Waals surface area (Å²) in [6, 6.07) is 6.67. The number of aryl methyl sites for hydroxylation is 1. The molecule has 1 atom stereocenters. The first kappa shape index (κ1) is 15.2. The van der Waals surface area contributed by atoms with Gasteiger partial charge in [0.05, 0.1) is 6.67 Å². The van der Waals surface area contributed by atoms with Gasteiger partial charge >= 0.3 is 0 Å². The normalized spacial score (nSPS) is 13.7. The van der Waals surface area contributed by atoms with E-state index in [9.17, 15) is 4.39 Å². The Morgan fingerprint density at radius 3 is 2.33 bits per heavy atom. The van der Waals surface area contributed by atoms with E-state index in [-0.39, 0.29) is 18.0 Å². The molecule has 0 radical (unpaired) electrons. The fourth-order valence-corrected chi connectivity index (χ4v) is 2.05. The lowest BCUT2D eigenvalue weighted by Gasteiger charge is -2.22. The summed E-state index contributed by atoms with van der Waals surface area (Å²) in [6.07, 6.45) is 3.51. The summed E-state index contributed by atoms with van der Waals surface area (Å²) in [4.78, 5) is 0. The van der Waals surface area contributed by atoms with E-state index in [1.54, 1.807) is 0 Å². The van der Waals surface area contributed by atoms with Gasteiger partial charge in [0.2, 0.25) is 0 Å². The van der Waals surface area contributed by atoms with Crippen LogP contribution in [0, 0.1) is 0 Å². The van der Waals surface area contributed by atoms with Gasteiger partial charge in [-0.15, -0.1) is 0 Å². The van der Waals surface area contributed by atoms with Crippen LogP contribution in [0.15, 0.2) is 18.2 Å². The molecule has 18 heavy (non-hydrogen) atoms. The maximum absolute atomic E-state index is 12.9. The van der Waals surface area contributed by atoms with Crippen molar-refractivity contribution in [2.75, 3.05) is 6.67 Å². The van der Waals surface area contributed by atoms with Crippen molar-refractivity contribution < 1.29 is 4.39 Å². The predicted octanol–water partition coefficient (Wildman–Crippen LogP) is 5.40. The van der Waals surface area contributed by atoms with Crippen LogP contribution in [0.1, 0.15) is 70.1 Å². The van der Waals surface area contributed by atoms with Crippen molar-refractivity contribution >= 4 is 0 Å². The highest BCUT2D eigenvalue weighted by molar-refractivity contribution is 5.36. The molecule has 0 aliphatic carbocycles. The minimum absolute atomic E-state index is 0.00711. The summed E-state index contributed by atoms with van der Waals surface area (Å²) in [6.45, 7) is 10.5. The van der Waals surface area contributed by atoms with Crippen molar-refractivity contribution in [1.82, 2.24) is 0 Å². The number of hydrogen-bond donors (Lipinski definition) is 0. The van der Waals surface area contributed by atoms with E-state index < -0.39 is 0 Å². The van der Waals surface area contributed by atoms with Gasteiger partial charge in [-0.25, -0.2) is 0 Å². The molecule has 0 bridgehead atoms. The van der Waals surface area contributed by atoms with Crippen LogP contribution in [0.4, 0.5) is 4.39 Å². The lowest BCUT2D eigenvalue weighted by molar-refractivity contribution is 0.446. The average molecular weight is 250 g/mol. The van der Waals surface area contributed by atoms with Crippen molar-refractivity contribution in [3.63, 3.8) is 0 Å². The van der Waals surface area contributed by atoms with Crippen LogP contribution in [0.3, 0.4) is 0 Å². The van der Waals surface area contributed by atoms with Gasteiger partial charge in [0, 0.05) is 5.92 Å². The fraction of sp³-hybridized carbons (Fsp3) is 0.647. The first-order valence-electron chi connectivity index (χ1n) is 7.08. The maximum Gasteiger partial charge on any atom is 0.0960 e. The lowest BCUT2D eigenvalue weighted by atomic mass is 9.83. The van der Waals surface area contributed by atoms with Crippen LogP contribution >= 0.6 is 0 Å². The van der Waals surface area contributed by atoms with Crippen LogP contribution in [0.2, 0.25) is 0 Å². The zero-order valence-electron chi connectivity index (χ0n) is 12.5. The average Bonchev–Trinajstić information content (AvgIpc) is 2.33. The van der Waals surface area contributed by atoms with Gasteiger partial charge in [0.15, 0.2) is 0 Å². The number of halogens is 1. The molecule has 0 nitrogen and oxygen atoms in total. The Hall–Kier alpha value is -0.850. The third-order valence-electron chi connectivity index (χ3n) is 3.50. The molecule has 102 valence electrons. The quantitative estimate of drug-likeness (QED) is 0.656. The topological polar surface area (TPSA) is 0 Å². The van der Waals surface area contributed by atoms with E-state index in [0.717, 1.165) is 12.0 Å². The number of alkyl halides is 1. The van der Waals surface area contributed by atoms with Crippen LogP contribution in [0.25, 0.3) is 0 Å². The van der Waals surface area contributed by atoms with Crippen molar-refractivity contribution in [1.29, 1.82) is 0 Å². The SMILES string of the molecule is CCCCc1cc(C(C)CF)cc(C(C)(C)C)c1. The van der Waals surface area contributed by atoms with E-state index in [2.05, 4.69) is 45.9 Å². The molecule has 0 saturated carbocycles. The number of hydrogen-bond acceptors (Lipinski definition) is 0. The first-order chi connectivity index (χ1) is 8.38. The van der Waals surface area contributed by atoms with Crippen molar-refractivity contribution in [2.45, 2.75) is 65.2 Å². The summed E-state index contributed by atoms with van der Waals surface area (Å²) < 4.78 is 12.9. The van der Waals surface area contributed by atoms with Crippen LogP contribution in [0.5, 0.6) is 0 Å². The molecule has 0 aliphatic rings. The van der Waals surface area contributed by atoms with Crippen LogP contribution in [-0.4, -0.2) is 6.67 Å². The second-order valence-electron chi connectivity index (χ2n) is 6.37. The standard InChI is InChI=1S/C17H27F/c1-6-7-8-14-9-15(13(2)12-18)11-16(10-14)17(3,4)5/h9-11,13H,6-8,12H2,1-5H3. The van der Waals surface area contributed by atoms with E-state index in [4.69, 9.17) is 0 Å². The van der Waals surface area contributed by atoms with Crippen LogP contribution in [-0.2, 0) is 11.8 Å². The molecule has 0 heterocycles. The van der Waals surface area contributed by atoms with Gasteiger partial charge in [0.1, 0.15) is 0 Å². The number of unbranched alkanes of at least 4 members (excludes halogenated alkanes) is 1. The number of benzene rings is 1. The first-order valence-corrected chi connectivity index (χ1v) is 7.08. The molecule has 0 saturated heterocycles. The van der Waals surface area contributed by atoms with Gasteiger partial charge < -0.3 is 0 Å². The van der Waals surface area contributed by atoms with E-state index in [1.807, 2.05) is 6.92 Å². The largest absolute Gasteiger partial charge is 0.250 e. The van der Waals surface area contributed by atoms with Crippen molar-refractivity contribution in [3.8, 4) is 0 Å². The van der Waals surface area contributed by atoms with E-state index in [0.29, 0.717) is 0 Å². The summed E-state index contributed by atoms with van der Waals surface area (Å²) in [7, 11) is 0.